The van der Waals surface area contributed by atoms with Crippen molar-refractivity contribution >= 4 is 28.6 Å². The van der Waals surface area contributed by atoms with Gasteiger partial charge in [-0.25, -0.2) is 4.98 Å². The van der Waals surface area contributed by atoms with E-state index in [2.05, 4.69) is 16.5 Å². The fourth-order valence-corrected chi connectivity index (χ4v) is 3.05. The molecule has 90 valence electrons. The number of halogens is 1. The second kappa shape index (κ2) is 3.91. The lowest BCUT2D eigenvalue weighted by Gasteiger charge is -2.14. The van der Waals surface area contributed by atoms with Crippen LogP contribution in [0.3, 0.4) is 0 Å². The van der Waals surface area contributed by atoms with Crippen LogP contribution in [0.25, 0.3) is 11.0 Å². The Labute approximate surface area is 106 Å². The number of anilines is 1. The number of benzene rings is 1. The van der Waals surface area contributed by atoms with Crippen molar-refractivity contribution < 1.29 is 0 Å². The molecule has 1 aliphatic carbocycles. The zero-order valence-corrected chi connectivity index (χ0v) is 10.6. The Morgan fingerprint density at radius 3 is 2.94 bits per heavy atom. The van der Waals surface area contributed by atoms with Crippen LogP contribution in [0.15, 0.2) is 18.2 Å². The zero-order valence-electron chi connectivity index (χ0n) is 9.86. The van der Waals surface area contributed by atoms with Crippen molar-refractivity contribution in [3.8, 4) is 0 Å². The molecule has 2 atom stereocenters. The molecule has 2 N–H and O–H groups in total. The average molecular weight is 250 g/mol. The number of aromatic nitrogens is 2. The summed E-state index contributed by atoms with van der Waals surface area (Å²) in [5.41, 5.74) is 8.04. The summed E-state index contributed by atoms with van der Waals surface area (Å²) in [6, 6.07) is 6.29. The molecule has 1 aromatic carbocycles. The summed E-state index contributed by atoms with van der Waals surface area (Å²) in [6.07, 6.45) is 3.66. The molecule has 0 bridgehead atoms. The molecule has 1 fully saturated rings. The average Bonchev–Trinajstić information content (AvgIpc) is 2.80. The fraction of sp³-hybridized carbons (Fsp3) is 0.462. The first-order valence-corrected chi connectivity index (χ1v) is 6.46. The monoisotopic (exact) mass is 249 g/mol. The molecule has 1 aliphatic rings. The molecule has 1 heterocycles. The van der Waals surface area contributed by atoms with Gasteiger partial charge in [0.1, 0.15) is 0 Å². The largest absolute Gasteiger partial charge is 0.369 e. The molecule has 2 unspecified atom stereocenters. The van der Waals surface area contributed by atoms with Gasteiger partial charge in [-0.1, -0.05) is 18.5 Å². The standard InChI is InChI=1S/C13H16ClN3/c1-8-2-4-10(6-8)17-12-5-3-9(14)7-11(12)16-13(17)15/h3,5,7-8,10H,2,4,6H2,1H3,(H2,15,16). The summed E-state index contributed by atoms with van der Waals surface area (Å²) < 4.78 is 2.18. The number of nitrogen functional groups attached to an aromatic ring is 1. The van der Waals surface area contributed by atoms with E-state index in [-0.39, 0.29) is 0 Å². The van der Waals surface area contributed by atoms with Crippen molar-refractivity contribution in [2.24, 2.45) is 5.92 Å². The lowest BCUT2D eigenvalue weighted by Crippen LogP contribution is -2.08. The molecule has 0 saturated heterocycles. The van der Waals surface area contributed by atoms with Crippen molar-refractivity contribution in [1.82, 2.24) is 9.55 Å². The van der Waals surface area contributed by atoms with Gasteiger partial charge in [0.05, 0.1) is 11.0 Å². The minimum absolute atomic E-state index is 0.496. The Morgan fingerprint density at radius 2 is 2.24 bits per heavy atom. The summed E-state index contributed by atoms with van der Waals surface area (Å²) in [5, 5.41) is 0.710. The molecule has 1 saturated carbocycles. The van der Waals surface area contributed by atoms with Crippen LogP contribution >= 0.6 is 11.6 Å². The third kappa shape index (κ3) is 1.78. The summed E-state index contributed by atoms with van der Waals surface area (Å²) in [6.45, 7) is 2.30. The van der Waals surface area contributed by atoms with Crippen LogP contribution < -0.4 is 5.73 Å². The first-order valence-electron chi connectivity index (χ1n) is 6.08. The molecule has 0 aliphatic heterocycles. The highest BCUT2D eigenvalue weighted by Crippen LogP contribution is 2.38. The number of rotatable bonds is 1. The van der Waals surface area contributed by atoms with Crippen LogP contribution in [-0.2, 0) is 0 Å². The van der Waals surface area contributed by atoms with Gasteiger partial charge in [-0.3, -0.25) is 0 Å². The van der Waals surface area contributed by atoms with Crippen LogP contribution in [0.4, 0.5) is 5.95 Å². The maximum Gasteiger partial charge on any atom is 0.201 e. The van der Waals surface area contributed by atoms with Gasteiger partial charge in [0.2, 0.25) is 5.95 Å². The quantitative estimate of drug-likeness (QED) is 0.839. The summed E-state index contributed by atoms with van der Waals surface area (Å²) in [7, 11) is 0. The highest BCUT2D eigenvalue weighted by molar-refractivity contribution is 6.31. The second-order valence-corrected chi connectivity index (χ2v) is 5.48. The Morgan fingerprint density at radius 1 is 1.41 bits per heavy atom. The van der Waals surface area contributed by atoms with Gasteiger partial charge in [-0.2, -0.15) is 0 Å². The van der Waals surface area contributed by atoms with Gasteiger partial charge in [0.25, 0.3) is 0 Å². The zero-order chi connectivity index (χ0) is 12.0. The van der Waals surface area contributed by atoms with Crippen LogP contribution in [0.2, 0.25) is 5.02 Å². The Hall–Kier alpha value is -1.22. The third-order valence-corrected chi connectivity index (χ3v) is 3.95. The summed E-state index contributed by atoms with van der Waals surface area (Å²) in [5.74, 6) is 1.39. The maximum atomic E-state index is 6.04. The number of nitrogens with zero attached hydrogens (tertiary/aromatic N) is 2. The van der Waals surface area contributed by atoms with Gasteiger partial charge >= 0.3 is 0 Å². The van der Waals surface area contributed by atoms with E-state index in [9.17, 15) is 0 Å². The topological polar surface area (TPSA) is 43.8 Å². The van der Waals surface area contributed by atoms with Crippen LogP contribution in [0.5, 0.6) is 0 Å². The van der Waals surface area contributed by atoms with E-state index >= 15 is 0 Å². The maximum absolute atomic E-state index is 6.04. The van der Waals surface area contributed by atoms with Gasteiger partial charge in [-0.05, 0) is 43.4 Å². The summed E-state index contributed by atoms with van der Waals surface area (Å²) in [4.78, 5) is 4.40. The Bertz CT molecular complexity index is 561. The molecule has 0 spiro atoms. The second-order valence-electron chi connectivity index (χ2n) is 5.05. The number of fused-ring (bicyclic) bond motifs is 1. The summed E-state index contributed by atoms with van der Waals surface area (Å²) >= 11 is 5.97. The number of imidazole rings is 1. The van der Waals surface area contributed by atoms with E-state index < -0.39 is 0 Å². The Kier molecular flexibility index (Phi) is 2.51. The molecule has 3 rings (SSSR count). The highest BCUT2D eigenvalue weighted by atomic mass is 35.5. The fourth-order valence-electron chi connectivity index (χ4n) is 2.89. The lowest BCUT2D eigenvalue weighted by atomic mass is 10.1. The van der Waals surface area contributed by atoms with Crippen molar-refractivity contribution in [3.63, 3.8) is 0 Å². The lowest BCUT2D eigenvalue weighted by molar-refractivity contribution is 0.510. The third-order valence-electron chi connectivity index (χ3n) is 3.71. The Balaban J connectivity index is 2.12. The number of nitrogens with two attached hydrogens (primary N) is 1. The van der Waals surface area contributed by atoms with E-state index in [1.807, 2.05) is 18.2 Å². The smallest absolute Gasteiger partial charge is 0.201 e. The minimum Gasteiger partial charge on any atom is -0.369 e. The minimum atomic E-state index is 0.496. The van der Waals surface area contributed by atoms with E-state index in [4.69, 9.17) is 17.3 Å². The molecule has 17 heavy (non-hydrogen) atoms. The van der Waals surface area contributed by atoms with Crippen molar-refractivity contribution in [2.75, 3.05) is 5.73 Å². The first kappa shape index (κ1) is 10.9. The van der Waals surface area contributed by atoms with Crippen LogP contribution in [0, 0.1) is 5.92 Å². The SMILES string of the molecule is CC1CCC(n2c(N)nc3cc(Cl)ccc32)C1. The van der Waals surface area contributed by atoms with E-state index in [1.54, 1.807) is 0 Å². The highest BCUT2D eigenvalue weighted by Gasteiger charge is 2.25. The molecule has 0 radical (unpaired) electrons. The van der Waals surface area contributed by atoms with Crippen LogP contribution in [0.1, 0.15) is 32.2 Å². The predicted octanol–water partition coefficient (Wildman–Crippen LogP) is 3.63. The van der Waals surface area contributed by atoms with Crippen LogP contribution in [-0.4, -0.2) is 9.55 Å². The molecular weight excluding hydrogens is 234 g/mol. The number of hydrogen-bond donors (Lipinski definition) is 1. The molecule has 0 amide bonds. The van der Waals surface area contributed by atoms with Crippen molar-refractivity contribution in [2.45, 2.75) is 32.2 Å². The van der Waals surface area contributed by atoms with E-state index in [0.29, 0.717) is 17.0 Å². The van der Waals surface area contributed by atoms with Gasteiger partial charge < -0.3 is 10.3 Å². The van der Waals surface area contributed by atoms with Gasteiger partial charge in [0.15, 0.2) is 0 Å². The van der Waals surface area contributed by atoms with E-state index in [1.165, 1.54) is 19.3 Å². The molecule has 3 nitrogen and oxygen atoms in total. The van der Waals surface area contributed by atoms with Crippen molar-refractivity contribution in [1.29, 1.82) is 0 Å². The van der Waals surface area contributed by atoms with E-state index in [0.717, 1.165) is 17.0 Å². The molecule has 1 aromatic heterocycles. The number of hydrogen-bond acceptors (Lipinski definition) is 2. The normalized spacial score (nSPS) is 24.6. The van der Waals surface area contributed by atoms with Gasteiger partial charge in [0, 0.05) is 11.1 Å². The molecule has 2 aromatic rings. The van der Waals surface area contributed by atoms with Crippen molar-refractivity contribution in [3.05, 3.63) is 23.2 Å². The van der Waals surface area contributed by atoms with Gasteiger partial charge in [-0.15, -0.1) is 0 Å². The molecular formula is C13H16ClN3. The first-order chi connectivity index (χ1) is 8.15. The predicted molar refractivity (Wildman–Crippen MR) is 71.2 cm³/mol. The molecule has 4 heteroatoms.